The molecule has 0 atom stereocenters. The fourth-order valence-corrected chi connectivity index (χ4v) is 2.45. The monoisotopic (exact) mass is 387 g/mol. The van der Waals surface area contributed by atoms with Gasteiger partial charge in [0.25, 0.3) is 5.91 Å². The van der Waals surface area contributed by atoms with Gasteiger partial charge in [-0.3, -0.25) is 4.79 Å². The van der Waals surface area contributed by atoms with Crippen molar-refractivity contribution >= 4 is 11.7 Å². The molecule has 0 aliphatic heterocycles. The SMILES string of the molecule is Nc1ncccc1C(=O)NCc1cccc(Oc2ccc(C(F)(F)F)cc2)c1. The molecule has 2 aromatic carbocycles. The lowest BCUT2D eigenvalue weighted by Crippen LogP contribution is -2.24. The summed E-state index contributed by atoms with van der Waals surface area (Å²) in [5.74, 6) is 0.490. The number of hydrogen-bond donors (Lipinski definition) is 2. The van der Waals surface area contributed by atoms with Gasteiger partial charge in [-0.15, -0.1) is 0 Å². The van der Waals surface area contributed by atoms with Gasteiger partial charge in [-0.05, 0) is 54.1 Å². The number of anilines is 1. The van der Waals surface area contributed by atoms with Gasteiger partial charge in [0.15, 0.2) is 0 Å². The predicted octanol–water partition coefficient (Wildman–Crippen LogP) is 4.40. The van der Waals surface area contributed by atoms with Crippen LogP contribution in [0.15, 0.2) is 66.9 Å². The molecule has 3 N–H and O–H groups in total. The second kappa shape index (κ2) is 7.99. The van der Waals surface area contributed by atoms with Gasteiger partial charge in [0.05, 0.1) is 11.1 Å². The van der Waals surface area contributed by atoms with Crippen LogP contribution in [0.25, 0.3) is 0 Å². The van der Waals surface area contributed by atoms with Crippen LogP contribution in [0.1, 0.15) is 21.5 Å². The molecule has 0 radical (unpaired) electrons. The topological polar surface area (TPSA) is 77.2 Å². The van der Waals surface area contributed by atoms with Gasteiger partial charge < -0.3 is 15.8 Å². The van der Waals surface area contributed by atoms with Crippen LogP contribution in [0.2, 0.25) is 0 Å². The van der Waals surface area contributed by atoms with Crippen LogP contribution in [0.4, 0.5) is 19.0 Å². The maximum absolute atomic E-state index is 12.6. The van der Waals surface area contributed by atoms with Crippen molar-refractivity contribution in [1.29, 1.82) is 0 Å². The maximum Gasteiger partial charge on any atom is 0.416 e. The van der Waals surface area contributed by atoms with E-state index < -0.39 is 11.7 Å². The fraction of sp³-hybridized carbons (Fsp3) is 0.100. The summed E-state index contributed by atoms with van der Waals surface area (Å²) in [4.78, 5) is 16.0. The molecule has 1 amide bonds. The van der Waals surface area contributed by atoms with E-state index >= 15 is 0 Å². The number of halogens is 3. The van der Waals surface area contributed by atoms with Crippen molar-refractivity contribution in [3.8, 4) is 11.5 Å². The van der Waals surface area contributed by atoms with Crippen molar-refractivity contribution in [3.63, 3.8) is 0 Å². The van der Waals surface area contributed by atoms with E-state index in [0.717, 1.165) is 17.7 Å². The van der Waals surface area contributed by atoms with Gasteiger partial charge in [0.1, 0.15) is 17.3 Å². The van der Waals surface area contributed by atoms with Gasteiger partial charge in [-0.2, -0.15) is 13.2 Å². The number of nitrogens with two attached hydrogens (primary N) is 1. The number of nitrogen functional groups attached to an aromatic ring is 1. The molecule has 3 rings (SSSR count). The predicted molar refractivity (Wildman–Crippen MR) is 97.8 cm³/mol. The van der Waals surface area contributed by atoms with Crippen LogP contribution < -0.4 is 15.8 Å². The number of rotatable bonds is 5. The summed E-state index contributed by atoms with van der Waals surface area (Å²) in [6, 6.07) is 14.5. The summed E-state index contributed by atoms with van der Waals surface area (Å²) in [6.07, 6.45) is -2.90. The number of carbonyl (C=O) groups excluding carboxylic acids is 1. The Morgan fingerprint density at radius 2 is 1.79 bits per heavy atom. The molecule has 0 fully saturated rings. The first kappa shape index (κ1) is 19.2. The van der Waals surface area contributed by atoms with Crippen molar-refractivity contribution in [2.24, 2.45) is 0 Å². The highest BCUT2D eigenvalue weighted by Gasteiger charge is 2.30. The quantitative estimate of drug-likeness (QED) is 0.680. The molecule has 0 saturated carbocycles. The van der Waals surface area contributed by atoms with Gasteiger partial charge >= 0.3 is 6.18 Å². The Bertz CT molecular complexity index is 973. The van der Waals surface area contributed by atoms with E-state index in [-0.39, 0.29) is 29.6 Å². The van der Waals surface area contributed by atoms with E-state index in [2.05, 4.69) is 10.3 Å². The third kappa shape index (κ3) is 4.79. The lowest BCUT2D eigenvalue weighted by Gasteiger charge is -2.11. The first-order valence-electron chi connectivity index (χ1n) is 8.25. The fourth-order valence-electron chi connectivity index (χ4n) is 2.45. The first-order chi connectivity index (χ1) is 13.3. The molecular weight excluding hydrogens is 371 g/mol. The maximum atomic E-state index is 12.6. The van der Waals surface area contributed by atoms with Crippen LogP contribution in [-0.4, -0.2) is 10.9 Å². The number of carbonyl (C=O) groups is 1. The molecule has 0 aliphatic carbocycles. The molecule has 1 heterocycles. The highest BCUT2D eigenvalue weighted by atomic mass is 19.4. The highest BCUT2D eigenvalue weighted by molar-refractivity contribution is 5.98. The molecular formula is C20H16F3N3O2. The number of benzene rings is 2. The van der Waals surface area contributed by atoms with Crippen molar-refractivity contribution in [3.05, 3.63) is 83.6 Å². The lowest BCUT2D eigenvalue weighted by atomic mass is 10.2. The summed E-state index contributed by atoms with van der Waals surface area (Å²) in [7, 11) is 0. The zero-order valence-electron chi connectivity index (χ0n) is 14.5. The van der Waals surface area contributed by atoms with Gasteiger partial charge in [0, 0.05) is 12.7 Å². The number of alkyl halides is 3. The van der Waals surface area contributed by atoms with Crippen LogP contribution in [0, 0.1) is 0 Å². The molecule has 0 saturated heterocycles. The summed E-state index contributed by atoms with van der Waals surface area (Å²) in [5.41, 5.74) is 5.96. The van der Waals surface area contributed by atoms with Crippen LogP contribution in [0.5, 0.6) is 11.5 Å². The number of pyridine rings is 1. The molecule has 3 aromatic rings. The summed E-state index contributed by atoms with van der Waals surface area (Å²) in [6.45, 7) is 0.220. The Labute approximate surface area is 159 Å². The van der Waals surface area contributed by atoms with Crippen molar-refractivity contribution < 1.29 is 22.7 Å². The zero-order chi connectivity index (χ0) is 20.1. The molecule has 144 valence electrons. The minimum Gasteiger partial charge on any atom is -0.457 e. The molecule has 0 spiro atoms. The Balaban J connectivity index is 1.64. The average Bonchev–Trinajstić information content (AvgIpc) is 2.66. The lowest BCUT2D eigenvalue weighted by molar-refractivity contribution is -0.137. The van der Waals surface area contributed by atoms with Crippen LogP contribution in [0.3, 0.4) is 0 Å². The number of nitrogens with zero attached hydrogens (tertiary/aromatic N) is 1. The van der Waals surface area contributed by atoms with E-state index in [4.69, 9.17) is 10.5 Å². The second-order valence-electron chi connectivity index (χ2n) is 5.89. The number of ether oxygens (including phenoxy) is 1. The van der Waals surface area contributed by atoms with Gasteiger partial charge in [0.2, 0.25) is 0 Å². The third-order valence-electron chi connectivity index (χ3n) is 3.85. The Morgan fingerprint density at radius 3 is 2.46 bits per heavy atom. The molecule has 0 unspecified atom stereocenters. The van der Waals surface area contributed by atoms with E-state index in [9.17, 15) is 18.0 Å². The first-order valence-corrected chi connectivity index (χ1v) is 8.25. The molecule has 1 aromatic heterocycles. The minimum absolute atomic E-state index is 0.138. The third-order valence-corrected chi connectivity index (χ3v) is 3.85. The minimum atomic E-state index is -4.39. The van der Waals surface area contributed by atoms with Crippen molar-refractivity contribution in [1.82, 2.24) is 10.3 Å². The Morgan fingerprint density at radius 1 is 1.04 bits per heavy atom. The van der Waals surface area contributed by atoms with Crippen LogP contribution >= 0.6 is 0 Å². The van der Waals surface area contributed by atoms with E-state index in [1.54, 1.807) is 36.4 Å². The van der Waals surface area contributed by atoms with Gasteiger partial charge in [-0.25, -0.2) is 4.98 Å². The number of amides is 1. The van der Waals surface area contributed by atoms with E-state index in [1.165, 1.54) is 18.3 Å². The second-order valence-corrected chi connectivity index (χ2v) is 5.89. The number of hydrogen-bond acceptors (Lipinski definition) is 4. The van der Waals surface area contributed by atoms with E-state index in [0.29, 0.717) is 5.75 Å². The van der Waals surface area contributed by atoms with Crippen molar-refractivity contribution in [2.75, 3.05) is 5.73 Å². The Kier molecular flexibility index (Phi) is 5.49. The summed E-state index contributed by atoms with van der Waals surface area (Å²) in [5, 5.41) is 2.73. The van der Waals surface area contributed by atoms with Gasteiger partial charge in [-0.1, -0.05) is 12.1 Å². The summed E-state index contributed by atoms with van der Waals surface area (Å²) < 4.78 is 43.4. The molecule has 28 heavy (non-hydrogen) atoms. The van der Waals surface area contributed by atoms with Crippen molar-refractivity contribution in [2.45, 2.75) is 12.7 Å². The largest absolute Gasteiger partial charge is 0.457 e. The molecule has 5 nitrogen and oxygen atoms in total. The molecule has 8 heteroatoms. The zero-order valence-corrected chi connectivity index (χ0v) is 14.5. The number of nitrogens with one attached hydrogen (secondary N) is 1. The highest BCUT2D eigenvalue weighted by Crippen LogP contribution is 2.31. The standard InChI is InChI=1S/C20H16F3N3O2/c21-20(22,23)14-6-8-15(9-7-14)28-16-4-1-3-13(11-16)12-26-19(27)17-5-2-10-25-18(17)24/h1-11H,12H2,(H2,24,25)(H,26,27). The number of aromatic nitrogens is 1. The Hall–Kier alpha value is -3.55. The average molecular weight is 387 g/mol. The normalized spacial score (nSPS) is 11.1. The molecule has 0 aliphatic rings. The summed E-state index contributed by atoms with van der Waals surface area (Å²) >= 11 is 0. The smallest absolute Gasteiger partial charge is 0.416 e. The van der Waals surface area contributed by atoms with E-state index in [1.807, 2.05) is 0 Å². The molecule has 0 bridgehead atoms. The van der Waals surface area contributed by atoms with Crippen LogP contribution in [-0.2, 0) is 12.7 Å².